The molecule has 0 spiro atoms. The number of carbonyl (C=O) groups excluding carboxylic acids is 1. The van der Waals surface area contributed by atoms with Gasteiger partial charge in [0.2, 0.25) is 0 Å². The van der Waals surface area contributed by atoms with Gasteiger partial charge in [0.15, 0.2) is 0 Å². The van der Waals surface area contributed by atoms with Gasteiger partial charge in [0.25, 0.3) is 5.91 Å². The topological polar surface area (TPSA) is 35.6 Å². The van der Waals surface area contributed by atoms with Gasteiger partial charge in [-0.3, -0.25) is 4.79 Å². The lowest BCUT2D eigenvalue weighted by Gasteiger charge is -2.36. The Morgan fingerprint density at radius 2 is 1.89 bits per heavy atom. The second-order valence-electron chi connectivity index (χ2n) is 7.33. The van der Waals surface area contributed by atoms with Crippen molar-refractivity contribution in [3.8, 4) is 0 Å². The van der Waals surface area contributed by atoms with Gasteiger partial charge >= 0.3 is 0 Å². The van der Waals surface area contributed by atoms with Crippen LogP contribution in [0.1, 0.15) is 41.4 Å². The van der Waals surface area contributed by atoms with Crippen molar-refractivity contribution in [2.45, 2.75) is 38.6 Å². The zero-order valence-electron chi connectivity index (χ0n) is 16.9. The number of carbonyl (C=O) groups is 1. The van der Waals surface area contributed by atoms with Crippen LogP contribution in [0.3, 0.4) is 0 Å². The minimum atomic E-state index is 0. The summed E-state index contributed by atoms with van der Waals surface area (Å²) in [6.45, 7) is 5.88. The van der Waals surface area contributed by atoms with Gasteiger partial charge in [-0.25, -0.2) is 0 Å². The van der Waals surface area contributed by atoms with Crippen molar-refractivity contribution in [1.82, 2.24) is 9.80 Å². The average molecular weight is 422 g/mol. The second-order valence-corrected chi connectivity index (χ2v) is 8.41. The minimum Gasteiger partial charge on any atom is -0.377 e. The van der Waals surface area contributed by atoms with E-state index in [0.29, 0.717) is 6.04 Å². The molecule has 0 aliphatic carbocycles. The summed E-state index contributed by atoms with van der Waals surface area (Å²) in [5.74, 6) is 0.190. The van der Waals surface area contributed by atoms with Crippen molar-refractivity contribution in [2.75, 3.05) is 38.5 Å². The number of anilines is 1. The number of rotatable bonds is 8. The van der Waals surface area contributed by atoms with Gasteiger partial charge in [-0.2, -0.15) is 0 Å². The number of likely N-dealkylation sites (tertiary alicyclic amines) is 1. The van der Waals surface area contributed by atoms with Crippen molar-refractivity contribution in [2.24, 2.45) is 0 Å². The number of thiophene rings is 1. The first kappa shape index (κ1) is 22.7. The number of hydrogen-bond donors (Lipinski definition) is 1. The molecule has 1 aliphatic rings. The van der Waals surface area contributed by atoms with Gasteiger partial charge in [0, 0.05) is 32.2 Å². The summed E-state index contributed by atoms with van der Waals surface area (Å²) in [7, 11) is 2.22. The first-order valence-electron chi connectivity index (χ1n) is 10.0. The van der Waals surface area contributed by atoms with Gasteiger partial charge in [-0.1, -0.05) is 37.3 Å². The lowest BCUT2D eigenvalue weighted by atomic mass is 10.0. The van der Waals surface area contributed by atoms with Crippen LogP contribution < -0.4 is 5.32 Å². The van der Waals surface area contributed by atoms with Gasteiger partial charge in [0.1, 0.15) is 0 Å². The maximum atomic E-state index is 12.8. The molecule has 0 radical (unpaired) electrons. The van der Waals surface area contributed by atoms with E-state index in [9.17, 15) is 4.79 Å². The Morgan fingerprint density at radius 3 is 2.57 bits per heavy atom. The molecular formula is C22H32ClN3OS. The molecule has 2 aromatic rings. The van der Waals surface area contributed by atoms with E-state index in [1.54, 1.807) is 11.3 Å². The predicted molar refractivity (Wildman–Crippen MR) is 122 cm³/mol. The number of benzene rings is 1. The molecule has 0 atom stereocenters. The molecule has 4 nitrogen and oxygen atoms in total. The third-order valence-electron chi connectivity index (χ3n) is 5.34. The molecule has 1 aliphatic heterocycles. The summed E-state index contributed by atoms with van der Waals surface area (Å²) in [4.78, 5) is 18.1. The van der Waals surface area contributed by atoms with Crippen LogP contribution in [0, 0.1) is 0 Å². The largest absolute Gasteiger partial charge is 0.377 e. The van der Waals surface area contributed by atoms with Crippen LogP contribution >= 0.6 is 23.7 Å². The van der Waals surface area contributed by atoms with Crippen LogP contribution in [0.4, 0.5) is 5.00 Å². The summed E-state index contributed by atoms with van der Waals surface area (Å²) in [5.41, 5.74) is 1.39. The lowest BCUT2D eigenvalue weighted by Crippen LogP contribution is -2.45. The summed E-state index contributed by atoms with van der Waals surface area (Å²) in [6.07, 6.45) is 4.29. The van der Waals surface area contributed by atoms with Crippen molar-refractivity contribution in [3.63, 3.8) is 0 Å². The summed E-state index contributed by atoms with van der Waals surface area (Å²) in [5, 5.41) is 4.46. The summed E-state index contributed by atoms with van der Waals surface area (Å²) >= 11 is 1.57. The van der Waals surface area contributed by atoms with E-state index in [1.165, 1.54) is 5.56 Å². The van der Waals surface area contributed by atoms with Crippen molar-refractivity contribution in [3.05, 3.63) is 52.9 Å². The average Bonchev–Trinajstić information content (AvgIpc) is 3.20. The van der Waals surface area contributed by atoms with Crippen LogP contribution in [-0.4, -0.2) is 55.0 Å². The van der Waals surface area contributed by atoms with E-state index in [1.807, 2.05) is 17.0 Å². The van der Waals surface area contributed by atoms with Crippen molar-refractivity contribution >= 4 is 34.7 Å². The van der Waals surface area contributed by atoms with Crippen LogP contribution in [0.5, 0.6) is 0 Å². The normalized spacial score (nSPS) is 14.8. The fraction of sp³-hybridized carbons (Fsp3) is 0.500. The van der Waals surface area contributed by atoms with Crippen LogP contribution in [0.25, 0.3) is 0 Å². The number of piperidine rings is 1. The maximum Gasteiger partial charge on any atom is 0.263 e. The number of likely N-dealkylation sites (N-methyl/N-ethyl adjacent to an activating group) is 1. The highest BCUT2D eigenvalue weighted by atomic mass is 35.5. The third kappa shape index (κ3) is 6.23. The maximum absolute atomic E-state index is 12.8. The SMILES string of the molecule is CCCNc1ccc(C(=O)N2CCC(N(C)CCc3ccccc3)CC2)s1.Cl. The van der Waals surface area contributed by atoms with E-state index in [0.717, 1.165) is 61.7 Å². The van der Waals surface area contributed by atoms with Crippen LogP contribution in [0.15, 0.2) is 42.5 Å². The molecule has 0 bridgehead atoms. The van der Waals surface area contributed by atoms with E-state index < -0.39 is 0 Å². The van der Waals surface area contributed by atoms with Crippen molar-refractivity contribution in [1.29, 1.82) is 0 Å². The molecule has 28 heavy (non-hydrogen) atoms. The molecule has 1 N–H and O–H groups in total. The molecule has 3 rings (SSSR count). The molecule has 1 aromatic heterocycles. The lowest BCUT2D eigenvalue weighted by molar-refractivity contribution is 0.0651. The summed E-state index contributed by atoms with van der Waals surface area (Å²) < 4.78 is 0. The number of halogens is 1. The number of nitrogens with one attached hydrogen (secondary N) is 1. The predicted octanol–water partition coefficient (Wildman–Crippen LogP) is 4.77. The van der Waals surface area contributed by atoms with Gasteiger partial charge in [-0.15, -0.1) is 23.7 Å². The smallest absolute Gasteiger partial charge is 0.263 e. The Kier molecular flexibility index (Phi) is 9.29. The van der Waals surface area contributed by atoms with Gasteiger partial charge in [-0.05, 0) is 50.4 Å². The van der Waals surface area contributed by atoms with E-state index in [2.05, 4.69) is 54.5 Å². The number of amides is 1. The fourth-order valence-corrected chi connectivity index (χ4v) is 4.49. The van der Waals surface area contributed by atoms with E-state index >= 15 is 0 Å². The zero-order valence-corrected chi connectivity index (χ0v) is 18.5. The Labute approximate surface area is 179 Å². The molecule has 1 saturated heterocycles. The molecule has 2 heterocycles. The number of nitrogens with zero attached hydrogens (tertiary/aromatic N) is 2. The first-order chi connectivity index (χ1) is 13.2. The molecule has 0 unspecified atom stereocenters. The monoisotopic (exact) mass is 421 g/mol. The van der Waals surface area contributed by atoms with Gasteiger partial charge in [0.05, 0.1) is 9.88 Å². The molecule has 0 saturated carbocycles. The Morgan fingerprint density at radius 1 is 1.18 bits per heavy atom. The second kappa shape index (κ2) is 11.4. The minimum absolute atomic E-state index is 0. The summed E-state index contributed by atoms with van der Waals surface area (Å²) in [6, 6.07) is 15.2. The number of hydrogen-bond acceptors (Lipinski definition) is 4. The fourth-order valence-electron chi connectivity index (χ4n) is 3.59. The quantitative estimate of drug-likeness (QED) is 0.666. The van der Waals surface area contributed by atoms with Crippen molar-refractivity contribution < 1.29 is 4.79 Å². The van der Waals surface area contributed by atoms with Crippen LogP contribution in [-0.2, 0) is 6.42 Å². The standard InChI is InChI=1S/C22H31N3OS.ClH/c1-3-14-23-21-10-9-20(27-21)22(26)25-16-12-19(13-17-25)24(2)15-11-18-7-5-4-6-8-18;/h4-10,19,23H,3,11-17H2,1-2H3;1H. The zero-order chi connectivity index (χ0) is 19.1. The third-order valence-corrected chi connectivity index (χ3v) is 6.37. The Balaban J connectivity index is 0.00000280. The Bertz CT molecular complexity index is 714. The highest BCUT2D eigenvalue weighted by Gasteiger charge is 2.26. The molecule has 154 valence electrons. The molecule has 1 amide bonds. The molecule has 1 fully saturated rings. The molecule has 6 heteroatoms. The molecular weight excluding hydrogens is 390 g/mol. The molecule has 1 aromatic carbocycles. The van der Waals surface area contributed by atoms with Crippen LogP contribution in [0.2, 0.25) is 0 Å². The van der Waals surface area contributed by atoms with E-state index in [-0.39, 0.29) is 18.3 Å². The Hall–Kier alpha value is -1.56. The van der Waals surface area contributed by atoms with E-state index in [4.69, 9.17) is 0 Å². The van der Waals surface area contributed by atoms with Gasteiger partial charge < -0.3 is 15.1 Å². The first-order valence-corrected chi connectivity index (χ1v) is 10.9. The highest BCUT2D eigenvalue weighted by Crippen LogP contribution is 2.25. The highest BCUT2D eigenvalue weighted by molar-refractivity contribution is 7.17.